The molecule has 0 aliphatic rings. The Morgan fingerprint density at radius 3 is 2.68 bits per heavy atom. The monoisotopic (exact) mass is 302 g/mol. The molecule has 1 unspecified atom stereocenters. The second kappa shape index (κ2) is 7.25. The first-order chi connectivity index (χ1) is 8.97. The van der Waals surface area contributed by atoms with Gasteiger partial charge in [-0.25, -0.2) is 0 Å². The summed E-state index contributed by atoms with van der Waals surface area (Å²) < 4.78 is 5.05. The minimum atomic E-state index is -0.719. The fourth-order valence-corrected chi connectivity index (χ4v) is 1.81. The zero-order chi connectivity index (χ0) is 14.4. The lowest BCUT2D eigenvalue weighted by atomic mass is 10.2. The topological polar surface area (TPSA) is 67.4 Å². The van der Waals surface area contributed by atoms with Crippen LogP contribution in [0.3, 0.4) is 0 Å². The summed E-state index contributed by atoms with van der Waals surface area (Å²) in [6.07, 6.45) is 0. The molecule has 1 atom stereocenters. The smallest absolute Gasteiger partial charge is 0.247 e. The highest BCUT2D eigenvalue weighted by molar-refractivity contribution is 7.80. The maximum absolute atomic E-state index is 12.0. The Hall–Kier alpha value is -1.40. The third-order valence-electron chi connectivity index (χ3n) is 2.31. The predicted octanol–water partition coefficient (Wildman–Crippen LogP) is 1.72. The van der Waals surface area contributed by atoms with E-state index in [0.29, 0.717) is 16.5 Å². The lowest BCUT2D eigenvalue weighted by molar-refractivity contribution is -0.124. The molecule has 0 radical (unpaired) electrons. The zero-order valence-corrected chi connectivity index (χ0v) is 12.2. The Balaban J connectivity index is 2.82. The lowest BCUT2D eigenvalue weighted by Gasteiger charge is -2.16. The van der Waals surface area contributed by atoms with Gasteiger partial charge < -0.3 is 15.4 Å². The molecular formula is C12H15ClN2O3S. The fraction of sp³-hybridized carbons (Fsp3) is 0.333. The Morgan fingerprint density at radius 1 is 1.47 bits per heavy atom. The van der Waals surface area contributed by atoms with E-state index in [1.54, 1.807) is 18.2 Å². The van der Waals surface area contributed by atoms with Gasteiger partial charge in [-0.15, -0.1) is 0 Å². The van der Waals surface area contributed by atoms with Crippen LogP contribution in [0.2, 0.25) is 5.02 Å². The van der Waals surface area contributed by atoms with Gasteiger partial charge in [0.1, 0.15) is 11.8 Å². The van der Waals surface area contributed by atoms with Crippen molar-refractivity contribution in [1.29, 1.82) is 0 Å². The summed E-state index contributed by atoms with van der Waals surface area (Å²) in [5, 5.41) is 5.51. The van der Waals surface area contributed by atoms with Gasteiger partial charge in [-0.3, -0.25) is 9.59 Å². The van der Waals surface area contributed by atoms with Crippen molar-refractivity contribution in [2.45, 2.75) is 13.0 Å². The van der Waals surface area contributed by atoms with E-state index in [4.69, 9.17) is 16.3 Å². The van der Waals surface area contributed by atoms with Crippen molar-refractivity contribution >= 4 is 41.7 Å². The fourth-order valence-electron chi connectivity index (χ4n) is 1.39. The van der Waals surface area contributed by atoms with Gasteiger partial charge in [0, 0.05) is 18.7 Å². The third-order valence-corrected chi connectivity index (χ3v) is 3.00. The average Bonchev–Trinajstić information content (AvgIpc) is 2.38. The second-order valence-corrected chi connectivity index (χ2v) is 4.54. The van der Waals surface area contributed by atoms with Gasteiger partial charge in [-0.05, 0) is 12.1 Å². The molecule has 0 aliphatic heterocycles. The molecule has 0 saturated heterocycles. The van der Waals surface area contributed by atoms with Crippen molar-refractivity contribution in [3.05, 3.63) is 23.2 Å². The van der Waals surface area contributed by atoms with Crippen molar-refractivity contribution < 1.29 is 14.3 Å². The summed E-state index contributed by atoms with van der Waals surface area (Å²) >= 11 is 10.0. The summed E-state index contributed by atoms with van der Waals surface area (Å²) in [6, 6.07) is 4.18. The average molecular weight is 303 g/mol. The van der Waals surface area contributed by atoms with E-state index in [1.165, 1.54) is 14.0 Å². The van der Waals surface area contributed by atoms with Crippen LogP contribution < -0.4 is 15.4 Å². The van der Waals surface area contributed by atoms with E-state index in [1.807, 2.05) is 0 Å². The van der Waals surface area contributed by atoms with E-state index in [-0.39, 0.29) is 17.6 Å². The number of methoxy groups -OCH3 is 1. The Morgan fingerprint density at radius 2 is 2.16 bits per heavy atom. The van der Waals surface area contributed by atoms with Gasteiger partial charge in [0.15, 0.2) is 0 Å². The Bertz CT molecular complexity index is 482. The van der Waals surface area contributed by atoms with E-state index in [9.17, 15) is 9.59 Å². The number of hydrogen-bond donors (Lipinski definition) is 3. The van der Waals surface area contributed by atoms with E-state index in [2.05, 4.69) is 23.3 Å². The van der Waals surface area contributed by atoms with Crippen LogP contribution in [0.4, 0.5) is 5.69 Å². The highest BCUT2D eigenvalue weighted by Gasteiger charge is 2.18. The molecule has 1 aromatic carbocycles. The number of rotatable bonds is 5. The number of halogens is 1. The molecular weight excluding hydrogens is 288 g/mol. The van der Waals surface area contributed by atoms with Crippen LogP contribution >= 0.6 is 24.2 Å². The minimum absolute atomic E-state index is 0.188. The summed E-state index contributed by atoms with van der Waals surface area (Å²) in [5.74, 6) is 0.0699. The summed E-state index contributed by atoms with van der Waals surface area (Å²) in [5.41, 5.74) is 0.420. The van der Waals surface area contributed by atoms with E-state index in [0.717, 1.165) is 0 Å². The molecule has 0 heterocycles. The molecule has 2 N–H and O–H groups in total. The van der Waals surface area contributed by atoms with Crippen LogP contribution in [-0.2, 0) is 9.59 Å². The molecule has 19 heavy (non-hydrogen) atoms. The van der Waals surface area contributed by atoms with Gasteiger partial charge in [-0.2, -0.15) is 12.6 Å². The van der Waals surface area contributed by atoms with Gasteiger partial charge in [0.05, 0.1) is 17.8 Å². The first-order valence-corrected chi connectivity index (χ1v) is 6.51. The highest BCUT2D eigenvalue weighted by Crippen LogP contribution is 2.26. The van der Waals surface area contributed by atoms with Crippen molar-refractivity contribution in [1.82, 2.24) is 5.32 Å². The van der Waals surface area contributed by atoms with Crippen molar-refractivity contribution in [3.8, 4) is 5.75 Å². The largest absolute Gasteiger partial charge is 0.497 e. The molecule has 0 saturated carbocycles. The molecule has 0 fully saturated rings. The number of carbonyl (C=O) groups is 2. The first kappa shape index (κ1) is 15.7. The lowest BCUT2D eigenvalue weighted by Crippen LogP contribution is -2.44. The van der Waals surface area contributed by atoms with Gasteiger partial charge in [0.25, 0.3) is 0 Å². The van der Waals surface area contributed by atoms with Crippen LogP contribution in [0.1, 0.15) is 6.92 Å². The van der Waals surface area contributed by atoms with Crippen molar-refractivity contribution in [2.75, 3.05) is 18.2 Å². The van der Waals surface area contributed by atoms with Gasteiger partial charge in [-0.1, -0.05) is 11.6 Å². The van der Waals surface area contributed by atoms with Crippen LogP contribution in [0.25, 0.3) is 0 Å². The van der Waals surface area contributed by atoms with Crippen molar-refractivity contribution in [2.24, 2.45) is 0 Å². The number of nitrogens with one attached hydrogen (secondary N) is 2. The number of ether oxygens (including phenoxy) is 1. The number of thiol groups is 1. The Kier molecular flexibility index (Phi) is 5.98. The molecule has 7 heteroatoms. The normalized spacial score (nSPS) is 11.6. The number of hydrogen-bond acceptors (Lipinski definition) is 4. The number of benzene rings is 1. The molecule has 2 amide bonds. The quantitative estimate of drug-likeness (QED) is 0.726. The minimum Gasteiger partial charge on any atom is -0.497 e. The number of anilines is 1. The standard InChI is InChI=1S/C12H15ClN2O3S/c1-7(16)14-11(6-19)12(17)15-10-5-8(18-2)3-4-9(10)13/h3-5,11,19H,6H2,1-2H3,(H,14,16)(H,15,17). The summed E-state index contributed by atoms with van der Waals surface area (Å²) in [6.45, 7) is 1.34. The third kappa shape index (κ3) is 4.65. The van der Waals surface area contributed by atoms with E-state index >= 15 is 0 Å². The zero-order valence-electron chi connectivity index (χ0n) is 10.6. The molecule has 5 nitrogen and oxygen atoms in total. The molecule has 1 rings (SSSR count). The molecule has 0 aromatic heterocycles. The second-order valence-electron chi connectivity index (χ2n) is 3.77. The van der Waals surface area contributed by atoms with Crippen LogP contribution in [0.15, 0.2) is 18.2 Å². The van der Waals surface area contributed by atoms with E-state index < -0.39 is 6.04 Å². The van der Waals surface area contributed by atoms with Gasteiger partial charge >= 0.3 is 0 Å². The Labute approximate surface area is 122 Å². The number of amides is 2. The SMILES string of the molecule is COc1ccc(Cl)c(NC(=O)C(CS)NC(C)=O)c1. The van der Waals surface area contributed by atoms with Crippen LogP contribution in [0, 0.1) is 0 Å². The number of carbonyl (C=O) groups excluding carboxylic acids is 2. The summed E-state index contributed by atoms with van der Waals surface area (Å²) in [7, 11) is 1.52. The van der Waals surface area contributed by atoms with Gasteiger partial charge in [0.2, 0.25) is 11.8 Å². The summed E-state index contributed by atoms with van der Waals surface area (Å²) in [4.78, 5) is 22.9. The molecule has 0 bridgehead atoms. The first-order valence-electron chi connectivity index (χ1n) is 5.50. The maximum Gasteiger partial charge on any atom is 0.247 e. The predicted molar refractivity (Wildman–Crippen MR) is 78.1 cm³/mol. The highest BCUT2D eigenvalue weighted by atomic mass is 35.5. The van der Waals surface area contributed by atoms with Crippen LogP contribution in [0.5, 0.6) is 5.75 Å². The maximum atomic E-state index is 12.0. The molecule has 0 aliphatic carbocycles. The molecule has 104 valence electrons. The molecule has 1 aromatic rings. The van der Waals surface area contributed by atoms with Crippen LogP contribution in [-0.4, -0.2) is 30.7 Å². The van der Waals surface area contributed by atoms with Crippen molar-refractivity contribution in [3.63, 3.8) is 0 Å². The molecule has 0 spiro atoms.